The highest BCUT2D eigenvalue weighted by Gasteiger charge is 2.36. The Bertz CT molecular complexity index is 2470. The van der Waals surface area contributed by atoms with E-state index < -0.39 is 53.7 Å². The Morgan fingerprint density at radius 2 is 1.56 bits per heavy atom. The van der Waals surface area contributed by atoms with Crippen molar-refractivity contribution in [3.8, 4) is 45.7 Å². The Balaban J connectivity index is 1.57. The number of rotatable bonds is 15. The van der Waals surface area contributed by atoms with Crippen LogP contribution in [0.25, 0.3) is 22.4 Å². The molecule has 5 rings (SSSR count). The molecular formula is C48H60N10O8. The summed E-state index contributed by atoms with van der Waals surface area (Å²) in [5.74, 6) is -3.04. The number of nitriles is 1. The molecule has 0 aliphatic carbocycles. The van der Waals surface area contributed by atoms with Crippen molar-refractivity contribution >= 4 is 29.5 Å². The summed E-state index contributed by atoms with van der Waals surface area (Å²) >= 11 is 0. The molecule has 1 aliphatic heterocycles. The zero-order chi connectivity index (χ0) is 48.3. The van der Waals surface area contributed by atoms with Gasteiger partial charge in [0.1, 0.15) is 66.9 Å². The van der Waals surface area contributed by atoms with Gasteiger partial charge in [-0.05, 0) is 79.3 Å². The Morgan fingerprint density at radius 3 is 2.17 bits per heavy atom. The second-order valence-electron chi connectivity index (χ2n) is 17.0. The molecule has 4 unspecified atom stereocenters. The molecule has 4 atom stereocenters. The second-order valence-corrected chi connectivity index (χ2v) is 17.0. The predicted octanol–water partition coefficient (Wildman–Crippen LogP) is 2.23. The number of hydrogen-bond acceptors (Lipinski definition) is 13. The van der Waals surface area contributed by atoms with Gasteiger partial charge in [-0.15, -0.1) is 0 Å². The van der Waals surface area contributed by atoms with Gasteiger partial charge in [0, 0.05) is 43.2 Å². The summed E-state index contributed by atoms with van der Waals surface area (Å²) in [5.41, 5.74) is 21.7. The number of carbonyl (C=O) groups excluding carboxylic acids is 5. The summed E-state index contributed by atoms with van der Waals surface area (Å²) in [7, 11) is 1.39. The minimum Gasteiger partial charge on any atom is -0.506 e. The van der Waals surface area contributed by atoms with Crippen LogP contribution in [-0.2, 0) is 31.0 Å². The van der Waals surface area contributed by atoms with Gasteiger partial charge in [0.2, 0.25) is 23.6 Å². The molecule has 11 N–H and O–H groups in total. The Morgan fingerprint density at radius 1 is 0.924 bits per heavy atom. The Hall–Kier alpha value is -7.07. The van der Waals surface area contributed by atoms with Crippen LogP contribution in [0.1, 0.15) is 72.9 Å². The molecular weight excluding hydrogens is 845 g/mol. The molecule has 5 amide bonds. The number of hydrogen-bond donors (Lipinski definition) is 8. The maximum atomic E-state index is 14.7. The number of nitrogens with two attached hydrogens (primary N) is 3. The molecule has 0 fully saturated rings. The third-order valence-corrected chi connectivity index (χ3v) is 11.1. The molecule has 350 valence electrons. The van der Waals surface area contributed by atoms with Gasteiger partial charge in [0.25, 0.3) is 5.91 Å². The minimum atomic E-state index is -1.43. The lowest BCUT2D eigenvalue weighted by atomic mass is 9.86. The highest BCUT2D eigenvalue weighted by Crippen LogP contribution is 2.40. The van der Waals surface area contributed by atoms with Gasteiger partial charge in [-0.3, -0.25) is 24.0 Å². The number of carbonyl (C=O) groups is 5. The molecule has 4 bridgehead atoms. The van der Waals surface area contributed by atoms with Gasteiger partial charge in [-0.25, -0.2) is 4.98 Å². The summed E-state index contributed by atoms with van der Waals surface area (Å²) < 4.78 is 12.2. The first-order valence-electron chi connectivity index (χ1n) is 21.7. The monoisotopic (exact) mass is 904 g/mol. The predicted molar refractivity (Wildman–Crippen MR) is 248 cm³/mol. The topological polar surface area (TPSA) is 290 Å². The number of likely N-dealkylation sites (N-methyl/N-ethyl adjacent to an activating group) is 1. The largest absolute Gasteiger partial charge is 0.506 e. The highest BCUT2D eigenvalue weighted by molar-refractivity contribution is 6.00. The number of pyridine rings is 1. The normalized spacial score (nSPS) is 16.6. The summed E-state index contributed by atoms with van der Waals surface area (Å²) in [6, 6.07) is 15.7. The standard InChI is InChI=1S/C48H60N10O8/c1-27-33(26-38(59)41(54-27)30-8-11-32(12-9-30)48(3,4)5)44(61)56-36(15-16-49)47(64)58(6)42-31-10-14-40(66-22-19-52)35(25-31)34-23-29(7-13-39(34)65-21-18-51)24-37(45(62)53-20-17-50)57-43(60)28(2)55-46(42)63/h7-14,23,25-26,28,36-37,42,59H,15-16,18-22,24,49,51-52H2,1-6H3,(H,53,62)(H,55,63)(H,56,61)(H,57,60). The lowest BCUT2D eigenvalue weighted by Gasteiger charge is -2.32. The molecule has 3 aromatic carbocycles. The summed E-state index contributed by atoms with van der Waals surface area (Å²) in [6.45, 7) is 9.61. The first kappa shape index (κ1) is 49.9. The van der Waals surface area contributed by atoms with Crippen molar-refractivity contribution in [2.24, 2.45) is 17.2 Å². The third-order valence-electron chi connectivity index (χ3n) is 11.1. The zero-order valence-corrected chi connectivity index (χ0v) is 38.2. The van der Waals surface area contributed by atoms with Crippen molar-refractivity contribution in [1.82, 2.24) is 31.2 Å². The van der Waals surface area contributed by atoms with E-state index in [1.54, 1.807) is 43.3 Å². The number of ether oxygens (including phenoxy) is 2. The van der Waals surface area contributed by atoms with Crippen molar-refractivity contribution in [2.75, 3.05) is 46.4 Å². The number of benzene rings is 3. The molecule has 18 heteroatoms. The van der Waals surface area contributed by atoms with Crippen LogP contribution in [0, 0.1) is 18.3 Å². The molecule has 66 heavy (non-hydrogen) atoms. The highest BCUT2D eigenvalue weighted by atomic mass is 16.5. The molecule has 0 radical (unpaired) electrons. The van der Waals surface area contributed by atoms with Crippen LogP contribution in [0.3, 0.4) is 0 Å². The average molecular weight is 905 g/mol. The van der Waals surface area contributed by atoms with E-state index in [4.69, 9.17) is 31.9 Å². The lowest BCUT2D eigenvalue weighted by Crippen LogP contribution is -2.56. The van der Waals surface area contributed by atoms with Gasteiger partial charge in [-0.2, -0.15) is 5.26 Å². The molecule has 18 nitrogen and oxygen atoms in total. The van der Waals surface area contributed by atoms with Crippen molar-refractivity contribution in [3.63, 3.8) is 0 Å². The van der Waals surface area contributed by atoms with Crippen LogP contribution >= 0.6 is 0 Å². The second kappa shape index (κ2) is 22.2. The van der Waals surface area contributed by atoms with Gasteiger partial charge in [0.15, 0.2) is 0 Å². The van der Waals surface area contributed by atoms with Gasteiger partial charge < -0.3 is 57.9 Å². The van der Waals surface area contributed by atoms with E-state index in [-0.39, 0.29) is 74.7 Å². The smallest absolute Gasteiger partial charge is 0.253 e. The van der Waals surface area contributed by atoms with E-state index in [0.717, 1.165) is 10.5 Å². The van der Waals surface area contributed by atoms with E-state index in [0.29, 0.717) is 45.0 Å². The van der Waals surface area contributed by atoms with Crippen molar-refractivity contribution in [2.45, 2.75) is 77.0 Å². The number of aromatic nitrogens is 1. The SMILES string of the molecule is Cc1nc(-c2ccc(C(C)(C)C)cc2)c(O)cc1C(=O)NC(CCN)C(=O)N(C)C1C(=O)NC(C)C(=O)NC(C(=O)NCC#N)Cc2ccc(OCCN)c(c2)-c2cc1ccc2OCCN. The number of aryl methyl sites for hydroxylation is 1. The fourth-order valence-electron chi connectivity index (χ4n) is 7.53. The Kier molecular flexibility index (Phi) is 16.8. The molecule has 0 saturated carbocycles. The first-order chi connectivity index (χ1) is 31.4. The molecule has 4 aromatic rings. The van der Waals surface area contributed by atoms with Crippen LogP contribution in [0.5, 0.6) is 17.2 Å². The maximum Gasteiger partial charge on any atom is 0.253 e. The fourth-order valence-corrected chi connectivity index (χ4v) is 7.53. The van der Waals surface area contributed by atoms with Crippen LogP contribution in [0.15, 0.2) is 66.7 Å². The third kappa shape index (κ3) is 12.0. The number of aromatic hydroxyl groups is 1. The first-order valence-corrected chi connectivity index (χ1v) is 21.7. The molecule has 0 spiro atoms. The number of nitrogens with zero attached hydrogens (tertiary/aromatic N) is 3. The van der Waals surface area contributed by atoms with Gasteiger partial charge in [0.05, 0.1) is 17.3 Å². The minimum absolute atomic E-state index is 0.00850. The number of fused-ring (bicyclic) bond motifs is 5. The number of amides is 5. The summed E-state index contributed by atoms with van der Waals surface area (Å²) in [5, 5.41) is 30.9. The quantitative estimate of drug-likeness (QED) is 0.0796. The van der Waals surface area contributed by atoms with Crippen LogP contribution < -0.4 is 47.9 Å². The maximum absolute atomic E-state index is 14.7. The van der Waals surface area contributed by atoms with E-state index in [9.17, 15) is 29.1 Å². The molecule has 2 heterocycles. The Labute approximate surface area is 384 Å². The van der Waals surface area contributed by atoms with Gasteiger partial charge in [-0.1, -0.05) is 57.2 Å². The van der Waals surface area contributed by atoms with Crippen LogP contribution in [0.4, 0.5) is 0 Å². The zero-order valence-electron chi connectivity index (χ0n) is 38.2. The fraction of sp³-hybridized carbons (Fsp3) is 0.396. The van der Waals surface area contributed by atoms with E-state index in [2.05, 4.69) is 47.0 Å². The average Bonchev–Trinajstić information content (AvgIpc) is 3.29. The van der Waals surface area contributed by atoms with Crippen LogP contribution in [-0.4, -0.2) is 109 Å². The molecule has 1 aromatic heterocycles. The lowest BCUT2D eigenvalue weighted by molar-refractivity contribution is -0.141. The molecule has 1 aliphatic rings. The van der Waals surface area contributed by atoms with Crippen LogP contribution in [0.2, 0.25) is 0 Å². The van der Waals surface area contributed by atoms with E-state index in [1.807, 2.05) is 30.3 Å². The van der Waals surface area contributed by atoms with E-state index >= 15 is 0 Å². The van der Waals surface area contributed by atoms with E-state index in [1.165, 1.54) is 20.0 Å². The van der Waals surface area contributed by atoms with Crippen molar-refractivity contribution in [1.29, 1.82) is 5.26 Å². The van der Waals surface area contributed by atoms with Crippen molar-refractivity contribution in [3.05, 3.63) is 94.7 Å². The van der Waals surface area contributed by atoms with Gasteiger partial charge >= 0.3 is 0 Å². The van der Waals surface area contributed by atoms with Crippen molar-refractivity contribution < 1.29 is 38.6 Å². The summed E-state index contributed by atoms with van der Waals surface area (Å²) in [4.78, 5) is 76.0. The number of nitrogens with one attached hydrogen (secondary N) is 4. The summed E-state index contributed by atoms with van der Waals surface area (Å²) in [6.07, 6.45) is -0.0504. The molecule has 0 saturated heterocycles.